The predicted molar refractivity (Wildman–Crippen MR) is 120 cm³/mol. The molecule has 0 saturated carbocycles. The second-order valence-electron chi connectivity index (χ2n) is 7.99. The molecule has 1 saturated heterocycles. The topological polar surface area (TPSA) is 118 Å². The Labute approximate surface area is 191 Å². The first-order valence-corrected chi connectivity index (χ1v) is 10.7. The van der Waals surface area contributed by atoms with Gasteiger partial charge in [0.1, 0.15) is 23.1 Å². The van der Waals surface area contributed by atoms with Crippen LogP contribution in [0.15, 0.2) is 34.4 Å². The molecule has 9 heteroatoms. The van der Waals surface area contributed by atoms with E-state index in [0.717, 1.165) is 18.5 Å². The maximum Gasteiger partial charge on any atom is 0.258 e. The molecule has 33 heavy (non-hydrogen) atoms. The van der Waals surface area contributed by atoms with E-state index < -0.39 is 5.92 Å². The third-order valence-corrected chi connectivity index (χ3v) is 6.15. The number of pyridine rings is 1. The largest absolute Gasteiger partial charge is 0.496 e. The van der Waals surface area contributed by atoms with E-state index in [1.54, 1.807) is 22.8 Å². The minimum absolute atomic E-state index is 0.0333. The van der Waals surface area contributed by atoms with Gasteiger partial charge in [-0.05, 0) is 25.8 Å². The van der Waals surface area contributed by atoms with Gasteiger partial charge in [0.2, 0.25) is 5.88 Å². The Morgan fingerprint density at radius 3 is 2.45 bits per heavy atom. The van der Waals surface area contributed by atoms with E-state index in [9.17, 15) is 10.1 Å². The SMILES string of the molecule is COc1cc(OC)c([C@@H]2C(C#N)=C(N)Oc3cc(C)n(C[C@@H]4CCCO4)c(=O)c32)cc1OC. The molecule has 9 nitrogen and oxygen atoms in total. The smallest absolute Gasteiger partial charge is 0.258 e. The second kappa shape index (κ2) is 9.08. The van der Waals surface area contributed by atoms with Crippen molar-refractivity contribution >= 4 is 0 Å². The molecule has 1 aromatic heterocycles. The van der Waals surface area contributed by atoms with Crippen molar-refractivity contribution < 1.29 is 23.7 Å². The summed E-state index contributed by atoms with van der Waals surface area (Å²) in [6, 6.07) is 7.26. The van der Waals surface area contributed by atoms with E-state index in [1.165, 1.54) is 21.3 Å². The summed E-state index contributed by atoms with van der Waals surface area (Å²) >= 11 is 0. The Morgan fingerprint density at radius 2 is 1.85 bits per heavy atom. The summed E-state index contributed by atoms with van der Waals surface area (Å²) in [6.45, 7) is 2.95. The van der Waals surface area contributed by atoms with Crippen molar-refractivity contribution in [3.63, 3.8) is 0 Å². The number of fused-ring (bicyclic) bond motifs is 1. The molecule has 2 atom stereocenters. The lowest BCUT2D eigenvalue weighted by Gasteiger charge is -2.29. The lowest BCUT2D eigenvalue weighted by molar-refractivity contribution is 0.0954. The highest BCUT2D eigenvalue weighted by molar-refractivity contribution is 5.61. The van der Waals surface area contributed by atoms with Gasteiger partial charge in [-0.1, -0.05) is 0 Å². The van der Waals surface area contributed by atoms with Gasteiger partial charge in [0, 0.05) is 30.0 Å². The van der Waals surface area contributed by atoms with Gasteiger partial charge < -0.3 is 34.0 Å². The summed E-state index contributed by atoms with van der Waals surface area (Å²) in [4.78, 5) is 13.8. The zero-order valence-corrected chi connectivity index (χ0v) is 19.1. The Balaban J connectivity index is 1.96. The van der Waals surface area contributed by atoms with Crippen molar-refractivity contribution in [2.45, 2.75) is 38.3 Å². The Kier molecular flexibility index (Phi) is 6.20. The van der Waals surface area contributed by atoms with E-state index >= 15 is 0 Å². The number of hydrogen-bond donors (Lipinski definition) is 1. The molecule has 0 radical (unpaired) electrons. The average molecular weight is 453 g/mol. The van der Waals surface area contributed by atoms with Crippen molar-refractivity contribution in [2.75, 3.05) is 27.9 Å². The van der Waals surface area contributed by atoms with Crippen LogP contribution in [0.25, 0.3) is 0 Å². The lowest BCUT2D eigenvalue weighted by Crippen LogP contribution is -2.35. The van der Waals surface area contributed by atoms with E-state index in [0.29, 0.717) is 47.3 Å². The molecule has 3 heterocycles. The quantitative estimate of drug-likeness (QED) is 0.709. The number of aryl methyl sites for hydroxylation is 1. The Hall–Kier alpha value is -3.64. The molecule has 2 aliphatic heterocycles. The number of rotatable bonds is 6. The van der Waals surface area contributed by atoms with Gasteiger partial charge in [-0.2, -0.15) is 5.26 Å². The highest BCUT2D eigenvalue weighted by Gasteiger charge is 2.37. The minimum atomic E-state index is -0.808. The van der Waals surface area contributed by atoms with Crippen LogP contribution >= 0.6 is 0 Å². The van der Waals surface area contributed by atoms with E-state index in [2.05, 4.69) is 6.07 Å². The fourth-order valence-electron chi connectivity index (χ4n) is 4.49. The van der Waals surface area contributed by atoms with Gasteiger partial charge in [-0.15, -0.1) is 0 Å². The maximum absolute atomic E-state index is 13.8. The fraction of sp³-hybridized carbons (Fsp3) is 0.417. The highest BCUT2D eigenvalue weighted by Crippen LogP contribution is 2.46. The van der Waals surface area contributed by atoms with Crippen molar-refractivity contribution in [3.05, 3.63) is 56.8 Å². The van der Waals surface area contributed by atoms with Gasteiger partial charge in [-0.25, -0.2) is 0 Å². The number of hydrogen-bond acceptors (Lipinski definition) is 8. The van der Waals surface area contributed by atoms with Crippen LogP contribution in [0.5, 0.6) is 23.0 Å². The van der Waals surface area contributed by atoms with Gasteiger partial charge in [0.15, 0.2) is 11.5 Å². The second-order valence-corrected chi connectivity index (χ2v) is 7.99. The number of nitrogens with zero attached hydrogens (tertiary/aromatic N) is 2. The summed E-state index contributed by atoms with van der Waals surface area (Å²) in [6.07, 6.45) is 1.83. The summed E-state index contributed by atoms with van der Waals surface area (Å²) < 4.78 is 29.6. The van der Waals surface area contributed by atoms with Crippen LogP contribution in [0, 0.1) is 18.3 Å². The molecule has 0 aliphatic carbocycles. The minimum Gasteiger partial charge on any atom is -0.496 e. The van der Waals surface area contributed by atoms with E-state index in [1.807, 2.05) is 6.92 Å². The van der Waals surface area contributed by atoms with Crippen molar-refractivity contribution in [1.29, 1.82) is 5.26 Å². The molecule has 2 aromatic rings. The number of benzene rings is 1. The molecule has 0 amide bonds. The number of nitrogens with two attached hydrogens (primary N) is 1. The molecular weight excluding hydrogens is 426 g/mol. The molecule has 0 bridgehead atoms. The van der Waals surface area contributed by atoms with E-state index in [4.69, 9.17) is 29.4 Å². The molecule has 4 rings (SSSR count). The first-order chi connectivity index (χ1) is 15.9. The number of allylic oxidation sites excluding steroid dienone is 1. The zero-order chi connectivity index (χ0) is 23.7. The predicted octanol–water partition coefficient (Wildman–Crippen LogP) is 2.58. The lowest BCUT2D eigenvalue weighted by atomic mass is 9.83. The number of methoxy groups -OCH3 is 3. The Morgan fingerprint density at radius 1 is 1.15 bits per heavy atom. The van der Waals surface area contributed by atoms with Crippen LogP contribution in [0.2, 0.25) is 0 Å². The molecule has 2 aliphatic rings. The molecule has 174 valence electrons. The zero-order valence-electron chi connectivity index (χ0n) is 19.1. The van der Waals surface area contributed by atoms with Crippen LogP contribution in [0.1, 0.15) is 35.6 Å². The molecule has 0 spiro atoms. The monoisotopic (exact) mass is 453 g/mol. The van der Waals surface area contributed by atoms with Crippen molar-refractivity contribution in [1.82, 2.24) is 4.57 Å². The first-order valence-electron chi connectivity index (χ1n) is 10.7. The molecular formula is C24H27N3O6. The standard InChI is InChI=1S/C24H27N3O6/c1-13-8-20-22(24(28)27(13)12-14-6-5-7-32-14)21(16(11-25)23(26)33-20)15-9-18(30-3)19(31-4)10-17(15)29-2/h8-10,14,21H,5-7,12,26H2,1-4H3/t14-,21+/m0/s1. The van der Waals surface area contributed by atoms with Crippen LogP contribution in [0.4, 0.5) is 0 Å². The summed E-state index contributed by atoms with van der Waals surface area (Å²) in [5, 5.41) is 9.96. The third kappa shape index (κ3) is 3.87. The molecule has 1 fully saturated rings. The molecule has 0 unspecified atom stereocenters. The molecule has 2 N–H and O–H groups in total. The first kappa shape index (κ1) is 22.6. The van der Waals surface area contributed by atoms with Crippen LogP contribution in [-0.2, 0) is 11.3 Å². The summed E-state index contributed by atoms with van der Waals surface area (Å²) in [5.74, 6) is 0.778. The maximum atomic E-state index is 13.8. The number of aromatic nitrogens is 1. The highest BCUT2D eigenvalue weighted by atomic mass is 16.5. The normalized spacial score (nSPS) is 19.5. The van der Waals surface area contributed by atoms with Crippen LogP contribution in [0.3, 0.4) is 0 Å². The van der Waals surface area contributed by atoms with Gasteiger partial charge >= 0.3 is 0 Å². The summed E-state index contributed by atoms with van der Waals surface area (Å²) in [7, 11) is 4.54. The van der Waals surface area contributed by atoms with Crippen molar-refractivity contribution in [3.8, 4) is 29.1 Å². The third-order valence-electron chi connectivity index (χ3n) is 6.15. The van der Waals surface area contributed by atoms with Gasteiger partial charge in [-0.3, -0.25) is 4.79 Å². The fourth-order valence-corrected chi connectivity index (χ4v) is 4.49. The number of nitriles is 1. The van der Waals surface area contributed by atoms with Crippen LogP contribution < -0.4 is 30.2 Å². The average Bonchev–Trinajstić information content (AvgIpc) is 3.33. The molecule has 1 aromatic carbocycles. The number of ether oxygens (including phenoxy) is 5. The van der Waals surface area contributed by atoms with Crippen LogP contribution in [-0.4, -0.2) is 38.6 Å². The van der Waals surface area contributed by atoms with Crippen molar-refractivity contribution in [2.24, 2.45) is 5.73 Å². The van der Waals surface area contributed by atoms with Gasteiger partial charge in [0.05, 0.1) is 45.5 Å². The Bertz CT molecular complexity index is 1200. The van der Waals surface area contributed by atoms with Gasteiger partial charge in [0.25, 0.3) is 5.56 Å². The van der Waals surface area contributed by atoms with E-state index in [-0.39, 0.29) is 23.1 Å². The summed E-state index contributed by atoms with van der Waals surface area (Å²) in [5.41, 5.74) is 7.57.